The highest BCUT2D eigenvalue weighted by atomic mass is 31.2. The van der Waals surface area contributed by atoms with Crippen molar-refractivity contribution in [3.63, 3.8) is 0 Å². The molecule has 0 aliphatic heterocycles. The molecule has 1 aromatic rings. The van der Waals surface area contributed by atoms with Crippen LogP contribution in [0.5, 0.6) is 0 Å². The highest BCUT2D eigenvalue weighted by Crippen LogP contribution is 2.49. The van der Waals surface area contributed by atoms with E-state index in [-0.39, 0.29) is 10.8 Å². The van der Waals surface area contributed by atoms with Gasteiger partial charge >= 0.3 is 7.82 Å². The minimum Gasteiger partial charge on any atom is -0.287 e. The second-order valence-corrected chi connectivity index (χ2v) is 10.3. The lowest BCUT2D eigenvalue weighted by Gasteiger charge is -2.29. The maximum atomic E-state index is 12.4. The molecule has 0 aliphatic rings. The van der Waals surface area contributed by atoms with Crippen LogP contribution in [0.15, 0.2) is 18.2 Å². The molecule has 0 bridgehead atoms. The van der Waals surface area contributed by atoms with Crippen molar-refractivity contribution in [1.29, 1.82) is 0 Å². The summed E-state index contributed by atoms with van der Waals surface area (Å²) in [4.78, 5) is 0. The Labute approximate surface area is 173 Å². The Kier molecular flexibility index (Phi) is 9.89. The normalized spacial score (nSPS) is 13.1. The molecule has 0 saturated carbocycles. The molecule has 0 spiro atoms. The molecule has 1 aromatic carbocycles. The van der Waals surface area contributed by atoms with Crippen molar-refractivity contribution in [2.24, 2.45) is 0 Å². The van der Waals surface area contributed by atoms with Gasteiger partial charge in [0.25, 0.3) is 0 Å². The van der Waals surface area contributed by atoms with Gasteiger partial charge in [-0.05, 0) is 67.1 Å². The zero-order valence-corrected chi connectivity index (χ0v) is 20.2. The van der Waals surface area contributed by atoms with Crippen molar-refractivity contribution < 1.29 is 18.1 Å². The number of phosphoric acid groups is 1. The standard InChI is InChI=1S/C23H41O4P/c1-9-22(5,6)20-16-19(17-21(18-20)23(7,8)10-2)14-13-15-27-28(24,25-11-3)26-12-4/h16-18H,9-15H2,1-8H3. The highest BCUT2D eigenvalue weighted by molar-refractivity contribution is 7.48. The van der Waals surface area contributed by atoms with Gasteiger partial charge in [0.2, 0.25) is 0 Å². The molecule has 28 heavy (non-hydrogen) atoms. The van der Waals surface area contributed by atoms with Crippen LogP contribution >= 0.6 is 7.82 Å². The molecular formula is C23H41O4P. The zero-order chi connectivity index (χ0) is 21.4. The fraction of sp³-hybridized carbons (Fsp3) is 0.739. The van der Waals surface area contributed by atoms with Crippen LogP contribution in [0.25, 0.3) is 0 Å². The minimum atomic E-state index is -3.42. The molecule has 162 valence electrons. The molecular weight excluding hydrogens is 371 g/mol. The van der Waals surface area contributed by atoms with E-state index in [9.17, 15) is 4.57 Å². The highest BCUT2D eigenvalue weighted by Gasteiger charge is 2.26. The number of phosphoric ester groups is 1. The van der Waals surface area contributed by atoms with E-state index in [1.54, 1.807) is 13.8 Å². The molecule has 1 rings (SSSR count). The lowest BCUT2D eigenvalue weighted by molar-refractivity contribution is 0.120. The van der Waals surface area contributed by atoms with Crippen molar-refractivity contribution in [3.8, 4) is 0 Å². The lowest BCUT2D eigenvalue weighted by atomic mass is 9.75. The average molecular weight is 413 g/mol. The van der Waals surface area contributed by atoms with Crippen LogP contribution in [0.3, 0.4) is 0 Å². The van der Waals surface area contributed by atoms with Gasteiger partial charge in [0.05, 0.1) is 19.8 Å². The topological polar surface area (TPSA) is 44.8 Å². The molecule has 0 amide bonds. The van der Waals surface area contributed by atoms with Crippen molar-refractivity contribution in [2.75, 3.05) is 19.8 Å². The first-order chi connectivity index (χ1) is 13.0. The summed E-state index contributed by atoms with van der Waals surface area (Å²) in [5.74, 6) is 0. The third-order valence-electron chi connectivity index (χ3n) is 5.76. The fourth-order valence-electron chi connectivity index (χ4n) is 2.91. The van der Waals surface area contributed by atoms with Crippen LogP contribution in [-0.2, 0) is 35.4 Å². The van der Waals surface area contributed by atoms with Gasteiger partial charge in [-0.1, -0.05) is 59.7 Å². The summed E-state index contributed by atoms with van der Waals surface area (Å²) in [7, 11) is -3.42. The van der Waals surface area contributed by atoms with Crippen LogP contribution in [0.4, 0.5) is 0 Å². The fourth-order valence-corrected chi connectivity index (χ4v) is 4.12. The summed E-state index contributed by atoms with van der Waals surface area (Å²) in [6.07, 6.45) is 3.83. The van der Waals surface area contributed by atoms with Crippen LogP contribution < -0.4 is 0 Å². The monoisotopic (exact) mass is 412 g/mol. The molecule has 0 N–H and O–H groups in total. The van der Waals surface area contributed by atoms with Gasteiger partial charge in [0.15, 0.2) is 0 Å². The molecule has 0 heterocycles. The van der Waals surface area contributed by atoms with Gasteiger partial charge in [-0.25, -0.2) is 4.57 Å². The van der Waals surface area contributed by atoms with Crippen LogP contribution in [-0.4, -0.2) is 19.8 Å². The smallest absolute Gasteiger partial charge is 0.287 e. The molecule has 0 atom stereocenters. The SMILES string of the molecule is CCOP(=O)(OCC)OCCCc1cc(C(C)(C)CC)cc(C(C)(C)CC)c1. The van der Waals surface area contributed by atoms with Crippen molar-refractivity contribution in [2.45, 2.75) is 91.9 Å². The quantitative estimate of drug-likeness (QED) is 0.254. The maximum Gasteiger partial charge on any atom is 0.474 e. The molecule has 0 aliphatic carbocycles. The summed E-state index contributed by atoms with van der Waals surface area (Å²) in [6, 6.07) is 7.03. The van der Waals surface area contributed by atoms with E-state index in [0.717, 1.165) is 25.7 Å². The van der Waals surface area contributed by atoms with Crippen molar-refractivity contribution >= 4 is 7.82 Å². The Balaban J connectivity index is 2.94. The third kappa shape index (κ3) is 7.30. The molecule has 0 aromatic heterocycles. The second kappa shape index (κ2) is 10.9. The number of benzene rings is 1. The van der Waals surface area contributed by atoms with Gasteiger partial charge in [-0.15, -0.1) is 0 Å². The van der Waals surface area contributed by atoms with E-state index in [1.165, 1.54) is 16.7 Å². The summed E-state index contributed by atoms with van der Waals surface area (Å²) >= 11 is 0. The van der Waals surface area contributed by atoms with E-state index < -0.39 is 7.82 Å². The average Bonchev–Trinajstić information content (AvgIpc) is 2.65. The minimum absolute atomic E-state index is 0.144. The Morgan fingerprint density at radius 3 is 1.64 bits per heavy atom. The lowest BCUT2D eigenvalue weighted by Crippen LogP contribution is -2.20. The Morgan fingerprint density at radius 2 is 1.25 bits per heavy atom. The Hall–Kier alpha value is -0.670. The first-order valence-electron chi connectivity index (χ1n) is 10.7. The number of aryl methyl sites for hydroxylation is 1. The third-order valence-corrected chi connectivity index (χ3v) is 7.40. The maximum absolute atomic E-state index is 12.4. The molecule has 0 fully saturated rings. The number of hydrogen-bond donors (Lipinski definition) is 0. The van der Waals surface area contributed by atoms with Crippen LogP contribution in [0, 0.1) is 0 Å². The van der Waals surface area contributed by atoms with Crippen molar-refractivity contribution in [3.05, 3.63) is 34.9 Å². The summed E-state index contributed by atoms with van der Waals surface area (Å²) in [6.45, 7) is 18.2. The molecule has 5 heteroatoms. The molecule has 4 nitrogen and oxygen atoms in total. The van der Waals surface area contributed by atoms with E-state index in [2.05, 4.69) is 59.7 Å². The number of hydrogen-bond acceptors (Lipinski definition) is 4. The van der Waals surface area contributed by atoms with Gasteiger partial charge in [0, 0.05) is 0 Å². The van der Waals surface area contributed by atoms with E-state index >= 15 is 0 Å². The molecule has 0 radical (unpaired) electrons. The van der Waals surface area contributed by atoms with Gasteiger partial charge < -0.3 is 0 Å². The largest absolute Gasteiger partial charge is 0.474 e. The zero-order valence-electron chi connectivity index (χ0n) is 19.3. The van der Waals surface area contributed by atoms with E-state index in [1.807, 2.05) is 0 Å². The van der Waals surface area contributed by atoms with Gasteiger partial charge in [-0.2, -0.15) is 0 Å². The summed E-state index contributed by atoms with van der Waals surface area (Å²) < 4.78 is 28.3. The predicted molar refractivity (Wildman–Crippen MR) is 118 cm³/mol. The second-order valence-electron chi connectivity index (χ2n) is 8.61. The first kappa shape index (κ1) is 25.4. The number of rotatable bonds is 13. The summed E-state index contributed by atoms with van der Waals surface area (Å²) in [5.41, 5.74) is 4.37. The van der Waals surface area contributed by atoms with E-state index in [4.69, 9.17) is 13.6 Å². The van der Waals surface area contributed by atoms with Crippen LogP contribution in [0.2, 0.25) is 0 Å². The van der Waals surface area contributed by atoms with Gasteiger partial charge in [-0.3, -0.25) is 13.6 Å². The Bertz CT molecular complexity index is 608. The predicted octanol–water partition coefficient (Wildman–Crippen LogP) is 7.19. The van der Waals surface area contributed by atoms with Gasteiger partial charge in [0.1, 0.15) is 0 Å². The molecule has 0 unspecified atom stereocenters. The van der Waals surface area contributed by atoms with E-state index in [0.29, 0.717) is 19.8 Å². The first-order valence-corrected chi connectivity index (χ1v) is 12.2. The molecule has 0 saturated heterocycles. The Morgan fingerprint density at radius 1 is 0.786 bits per heavy atom. The summed E-state index contributed by atoms with van der Waals surface area (Å²) in [5, 5.41) is 0. The van der Waals surface area contributed by atoms with Crippen LogP contribution in [0.1, 0.15) is 91.3 Å². The van der Waals surface area contributed by atoms with Crippen molar-refractivity contribution in [1.82, 2.24) is 0 Å².